The number of aromatic nitrogens is 3. The van der Waals surface area contributed by atoms with Gasteiger partial charge in [0.1, 0.15) is 5.82 Å². The predicted octanol–water partition coefficient (Wildman–Crippen LogP) is 8.28. The monoisotopic (exact) mass is 646 g/mol. The van der Waals surface area contributed by atoms with E-state index >= 15 is 0 Å². The first-order valence-electron chi connectivity index (χ1n) is 14.3. The van der Waals surface area contributed by atoms with Crippen LogP contribution >= 0.6 is 37.2 Å². The molecule has 2 aromatic heterocycles. The molecular weight excluding hydrogens is 615 g/mol. The summed E-state index contributed by atoms with van der Waals surface area (Å²) in [6, 6.07) is 28.9. The third-order valence-corrected chi connectivity index (χ3v) is 8.68. The van der Waals surface area contributed by atoms with Gasteiger partial charge in [-0.3, -0.25) is 9.36 Å². The van der Waals surface area contributed by atoms with Crippen LogP contribution in [0.1, 0.15) is 37.7 Å². The molecule has 2 saturated carbocycles. The first kappa shape index (κ1) is 31.5. The number of nitrogens with zero attached hydrogens (tertiary/aromatic N) is 3. The Morgan fingerprint density at radius 3 is 2.27 bits per heavy atom. The maximum Gasteiger partial charge on any atom is 0.227 e. The van der Waals surface area contributed by atoms with Crippen LogP contribution in [0.3, 0.4) is 0 Å². The van der Waals surface area contributed by atoms with E-state index in [1.807, 2.05) is 42.5 Å². The highest BCUT2D eigenvalue weighted by molar-refractivity contribution is 5.95. The topological polar surface area (TPSA) is 97.9 Å². The van der Waals surface area contributed by atoms with Gasteiger partial charge in [-0.15, -0.1) is 37.2 Å². The number of rotatable bonds is 5. The summed E-state index contributed by atoms with van der Waals surface area (Å²) in [6.07, 6.45) is 6.97. The molecule has 3 aromatic carbocycles. The van der Waals surface area contributed by atoms with E-state index in [9.17, 15) is 4.79 Å². The number of benzene rings is 3. The Kier molecular flexibility index (Phi) is 8.78. The average Bonchev–Trinajstić information content (AvgIpc) is 3.79. The van der Waals surface area contributed by atoms with Crippen molar-refractivity contribution in [3.05, 3.63) is 96.7 Å². The Morgan fingerprint density at radius 2 is 1.59 bits per heavy atom. The number of hydrogen-bond donors (Lipinski definition) is 3. The molecule has 8 rings (SSSR count). The third-order valence-electron chi connectivity index (χ3n) is 8.68. The van der Waals surface area contributed by atoms with Gasteiger partial charge >= 0.3 is 0 Å². The molecule has 0 atom stereocenters. The minimum atomic E-state index is -0.226. The number of para-hydroxylation sites is 1. The number of fused-ring (bicyclic) bond motifs is 5. The number of imidazole rings is 1. The van der Waals surface area contributed by atoms with Crippen molar-refractivity contribution >= 4 is 60.3 Å². The molecule has 0 saturated heterocycles. The highest BCUT2D eigenvalue weighted by Gasteiger charge is 2.35. The molecule has 44 heavy (non-hydrogen) atoms. The summed E-state index contributed by atoms with van der Waals surface area (Å²) in [5.41, 5.74) is 15.2. The van der Waals surface area contributed by atoms with Crippen molar-refractivity contribution in [1.29, 1.82) is 0 Å². The number of pyridine rings is 1. The number of carbonyl (C=O) groups excluding carboxylic acids is 1. The second kappa shape index (κ2) is 12.3. The zero-order valence-corrected chi connectivity index (χ0v) is 26.3. The van der Waals surface area contributed by atoms with Crippen LogP contribution < -0.4 is 16.4 Å². The maximum atomic E-state index is 12.3. The lowest BCUT2D eigenvalue weighted by atomic mass is 9.72. The van der Waals surface area contributed by atoms with Crippen LogP contribution in [0.2, 0.25) is 0 Å². The van der Waals surface area contributed by atoms with Gasteiger partial charge in [0.25, 0.3) is 0 Å². The van der Waals surface area contributed by atoms with E-state index < -0.39 is 0 Å². The second-order valence-electron chi connectivity index (χ2n) is 11.4. The SMILES string of the molecule is Cl.Cl.Cl.NC1(c2ccc(-c3c(-c4ccc(NC(=O)C5CC5)cc4)nc4n3-c3cccnc3Nc3ccccc3-4)cc2)CCC1. The van der Waals surface area contributed by atoms with Crippen LogP contribution in [0.4, 0.5) is 17.2 Å². The van der Waals surface area contributed by atoms with E-state index in [0.717, 1.165) is 82.5 Å². The summed E-state index contributed by atoms with van der Waals surface area (Å²) in [4.78, 5) is 22.4. The minimum Gasteiger partial charge on any atom is -0.338 e. The molecular formula is C34H33Cl3N6O. The number of carbonyl (C=O) groups is 1. The average molecular weight is 648 g/mol. The molecule has 1 amide bonds. The minimum absolute atomic E-state index is 0. The number of amides is 1. The third kappa shape index (κ3) is 5.35. The van der Waals surface area contributed by atoms with Gasteiger partial charge in [-0.25, -0.2) is 9.97 Å². The normalized spacial score (nSPS) is 15.2. The van der Waals surface area contributed by atoms with E-state index in [-0.39, 0.29) is 54.6 Å². The smallest absolute Gasteiger partial charge is 0.227 e. The van der Waals surface area contributed by atoms with Crippen LogP contribution in [-0.2, 0) is 10.3 Å². The molecule has 0 radical (unpaired) electrons. The van der Waals surface area contributed by atoms with Gasteiger partial charge in [-0.1, -0.05) is 48.5 Å². The fourth-order valence-corrected chi connectivity index (χ4v) is 6.00. The summed E-state index contributed by atoms with van der Waals surface area (Å²) in [7, 11) is 0. The van der Waals surface area contributed by atoms with Gasteiger partial charge in [0.05, 0.1) is 22.8 Å². The lowest BCUT2D eigenvalue weighted by Gasteiger charge is -2.38. The Bertz CT molecular complexity index is 1810. The summed E-state index contributed by atoms with van der Waals surface area (Å²) < 4.78 is 2.22. The molecule has 0 unspecified atom stereocenters. The number of halogens is 3. The van der Waals surface area contributed by atoms with E-state index in [1.165, 1.54) is 12.0 Å². The molecule has 2 aliphatic carbocycles. The zero-order valence-electron chi connectivity index (χ0n) is 23.8. The quantitative estimate of drug-likeness (QED) is 0.175. The lowest BCUT2D eigenvalue weighted by Crippen LogP contribution is -2.43. The maximum absolute atomic E-state index is 12.3. The first-order valence-corrected chi connectivity index (χ1v) is 14.3. The van der Waals surface area contributed by atoms with E-state index in [1.54, 1.807) is 6.20 Å². The summed E-state index contributed by atoms with van der Waals surface area (Å²) in [6.45, 7) is 0. The standard InChI is InChI=1S/C34H30N6O.3ClH/c35-34(18-4-19-34)24-14-10-22(11-15-24)30-29(21-12-16-25(17-13-21)37-33(41)23-8-9-23)39-32-26-5-1-2-6-27(26)38-31-28(40(30)32)7-3-20-36-31;;;/h1-3,5-7,10-17,20,23H,4,8-9,18-19,35H2,(H,36,38)(H,37,41);3*1H. The van der Waals surface area contributed by atoms with Crippen molar-refractivity contribution in [1.82, 2.24) is 14.5 Å². The van der Waals surface area contributed by atoms with Gasteiger partial charge in [0, 0.05) is 40.0 Å². The highest BCUT2D eigenvalue weighted by atomic mass is 35.5. The van der Waals surface area contributed by atoms with Gasteiger partial charge < -0.3 is 16.4 Å². The van der Waals surface area contributed by atoms with Crippen LogP contribution in [0, 0.1) is 5.92 Å². The number of nitrogens with one attached hydrogen (secondary N) is 2. The van der Waals surface area contributed by atoms with Crippen molar-refractivity contribution in [3.63, 3.8) is 0 Å². The van der Waals surface area contributed by atoms with Crippen LogP contribution in [0.15, 0.2) is 91.1 Å². The summed E-state index contributed by atoms with van der Waals surface area (Å²) >= 11 is 0. The van der Waals surface area contributed by atoms with Crippen molar-refractivity contribution < 1.29 is 4.79 Å². The molecule has 3 aliphatic rings. The molecule has 2 fully saturated rings. The van der Waals surface area contributed by atoms with Gasteiger partial charge in [-0.05, 0) is 74.1 Å². The summed E-state index contributed by atoms with van der Waals surface area (Å²) in [5, 5.41) is 6.58. The lowest BCUT2D eigenvalue weighted by molar-refractivity contribution is -0.117. The predicted molar refractivity (Wildman–Crippen MR) is 184 cm³/mol. The van der Waals surface area contributed by atoms with Crippen LogP contribution in [0.25, 0.3) is 39.6 Å². The van der Waals surface area contributed by atoms with Crippen molar-refractivity contribution in [2.45, 2.75) is 37.6 Å². The molecule has 226 valence electrons. The van der Waals surface area contributed by atoms with Crippen molar-refractivity contribution in [3.8, 4) is 39.6 Å². The Balaban J connectivity index is 0.00000128. The first-order chi connectivity index (χ1) is 20.1. The van der Waals surface area contributed by atoms with Crippen molar-refractivity contribution in [2.24, 2.45) is 11.7 Å². The van der Waals surface area contributed by atoms with E-state index in [4.69, 9.17) is 15.7 Å². The van der Waals surface area contributed by atoms with Crippen molar-refractivity contribution in [2.75, 3.05) is 10.6 Å². The Labute approximate surface area is 274 Å². The number of nitrogens with two attached hydrogens (primary N) is 1. The molecule has 10 heteroatoms. The molecule has 0 spiro atoms. The Morgan fingerprint density at radius 1 is 0.886 bits per heavy atom. The molecule has 0 bridgehead atoms. The van der Waals surface area contributed by atoms with E-state index in [2.05, 4.69) is 57.7 Å². The zero-order chi connectivity index (χ0) is 27.6. The fraction of sp³-hybridized carbons (Fsp3) is 0.206. The molecule has 7 nitrogen and oxygen atoms in total. The molecule has 1 aliphatic heterocycles. The Hall–Kier alpha value is -3.88. The fourth-order valence-electron chi connectivity index (χ4n) is 6.00. The van der Waals surface area contributed by atoms with Gasteiger partial charge in [-0.2, -0.15) is 0 Å². The van der Waals surface area contributed by atoms with E-state index in [0.29, 0.717) is 0 Å². The van der Waals surface area contributed by atoms with Gasteiger partial charge in [0.15, 0.2) is 5.82 Å². The number of anilines is 3. The second-order valence-corrected chi connectivity index (χ2v) is 11.4. The van der Waals surface area contributed by atoms with Crippen LogP contribution in [0.5, 0.6) is 0 Å². The number of hydrogen-bond acceptors (Lipinski definition) is 5. The van der Waals surface area contributed by atoms with Gasteiger partial charge in [0.2, 0.25) is 5.91 Å². The largest absolute Gasteiger partial charge is 0.338 e. The highest BCUT2D eigenvalue weighted by Crippen LogP contribution is 2.45. The van der Waals surface area contributed by atoms with Crippen LogP contribution in [-0.4, -0.2) is 20.4 Å². The molecule has 5 aromatic rings. The molecule has 3 heterocycles. The summed E-state index contributed by atoms with van der Waals surface area (Å²) in [5.74, 6) is 1.87. The molecule has 4 N–H and O–H groups in total.